The average molecular weight is 472 g/mol. The van der Waals surface area contributed by atoms with Crippen molar-refractivity contribution in [3.8, 4) is 0 Å². The Morgan fingerprint density at radius 3 is 1.81 bits per heavy atom. The molecule has 0 saturated carbocycles. The second-order valence-electron chi connectivity index (χ2n) is 7.75. The summed E-state index contributed by atoms with van der Waals surface area (Å²) in [5, 5.41) is 0. The number of rotatable bonds is 13. The van der Waals surface area contributed by atoms with E-state index in [4.69, 9.17) is 44.3 Å². The number of hydrogen-bond acceptors (Lipinski definition) is 0. The Bertz CT molecular complexity index is 498. The van der Waals surface area contributed by atoms with Crippen molar-refractivity contribution in [3.63, 3.8) is 0 Å². The summed E-state index contributed by atoms with van der Waals surface area (Å²) >= 11 is 25.7. The van der Waals surface area contributed by atoms with Crippen LogP contribution >= 0.6 is 44.3 Å². The van der Waals surface area contributed by atoms with Crippen molar-refractivity contribution in [1.82, 2.24) is 0 Å². The highest BCUT2D eigenvalue weighted by molar-refractivity contribution is 7.45. The molecule has 1 rings (SSSR count). The van der Waals surface area contributed by atoms with E-state index >= 15 is 0 Å². The molecule has 0 radical (unpaired) electrons. The molecule has 0 spiro atoms. The van der Waals surface area contributed by atoms with Crippen LogP contribution in [-0.4, -0.2) is 13.4 Å². The predicted octanol–water partition coefficient (Wildman–Crippen LogP) is 9.16. The third-order valence-electron chi connectivity index (χ3n) is 4.97. The van der Waals surface area contributed by atoms with Gasteiger partial charge in [-0.15, -0.1) is 44.3 Å². The molecule has 1 atom stereocenters. The molecule has 6 heteroatoms. The van der Waals surface area contributed by atoms with Crippen LogP contribution in [0.3, 0.4) is 0 Å². The standard InChI is InChI=1S/C20H34Cl4Si2/c1-4-19-11-13-20(14-12-19)18(2)17-26(23,24)16-10-8-6-5-7-9-15-25(3,21)22/h11-14,18H,4-10,15-17H2,1-3H3. The maximum absolute atomic E-state index is 6.73. The van der Waals surface area contributed by atoms with E-state index in [1.165, 1.54) is 36.8 Å². The minimum absolute atomic E-state index is 0.437. The Hall–Kier alpha value is 0.814. The van der Waals surface area contributed by atoms with E-state index in [2.05, 4.69) is 38.1 Å². The molecular formula is C20H34Cl4Si2. The number of benzene rings is 1. The second-order valence-corrected chi connectivity index (χ2v) is 23.5. The second kappa shape index (κ2) is 12.4. The first-order valence-electron chi connectivity index (χ1n) is 9.97. The maximum Gasteiger partial charge on any atom is 0.251 e. The van der Waals surface area contributed by atoms with Crippen LogP contribution in [0.1, 0.15) is 69.4 Å². The zero-order valence-corrected chi connectivity index (χ0v) is 21.5. The Balaban J connectivity index is 2.20. The van der Waals surface area contributed by atoms with Gasteiger partial charge >= 0.3 is 0 Å². The lowest BCUT2D eigenvalue weighted by Crippen LogP contribution is -2.21. The van der Waals surface area contributed by atoms with Crippen molar-refractivity contribution < 1.29 is 0 Å². The van der Waals surface area contributed by atoms with Crippen molar-refractivity contribution in [2.75, 3.05) is 0 Å². The lowest BCUT2D eigenvalue weighted by Gasteiger charge is -2.21. The van der Waals surface area contributed by atoms with Gasteiger partial charge in [-0.2, -0.15) is 0 Å². The quantitative estimate of drug-likeness (QED) is 0.153. The van der Waals surface area contributed by atoms with Crippen LogP contribution in [0.2, 0.25) is 24.7 Å². The van der Waals surface area contributed by atoms with Gasteiger partial charge in [-0.25, -0.2) is 0 Å². The molecule has 0 N–H and O–H groups in total. The molecule has 1 unspecified atom stereocenters. The molecule has 0 amide bonds. The van der Waals surface area contributed by atoms with E-state index in [0.717, 1.165) is 37.4 Å². The number of hydrogen-bond donors (Lipinski definition) is 0. The summed E-state index contributed by atoms with van der Waals surface area (Å²) in [6, 6.07) is 11.9. The van der Waals surface area contributed by atoms with E-state index in [1.807, 2.05) is 6.55 Å². The van der Waals surface area contributed by atoms with E-state index in [-0.39, 0.29) is 0 Å². The van der Waals surface area contributed by atoms with Crippen LogP contribution in [0.25, 0.3) is 0 Å². The monoisotopic (exact) mass is 470 g/mol. The van der Waals surface area contributed by atoms with Crippen LogP contribution in [-0.2, 0) is 6.42 Å². The molecule has 150 valence electrons. The fraction of sp³-hybridized carbons (Fsp3) is 0.700. The van der Waals surface area contributed by atoms with Gasteiger partial charge < -0.3 is 0 Å². The lowest BCUT2D eigenvalue weighted by atomic mass is 10.0. The highest BCUT2D eigenvalue weighted by Crippen LogP contribution is 2.35. The van der Waals surface area contributed by atoms with Crippen LogP contribution in [0.5, 0.6) is 0 Å². The highest BCUT2D eigenvalue weighted by atomic mass is 35.7. The SMILES string of the molecule is CCc1ccc(C(C)C[Si](Cl)(Cl)CCCCCCCC[Si](C)(Cl)Cl)cc1. The number of unbranched alkanes of at least 4 members (excludes halogenated alkanes) is 5. The molecular weight excluding hydrogens is 438 g/mol. The molecule has 0 aliphatic carbocycles. The van der Waals surface area contributed by atoms with Gasteiger partial charge in [-0.3, -0.25) is 0 Å². The lowest BCUT2D eigenvalue weighted by molar-refractivity contribution is 0.621. The van der Waals surface area contributed by atoms with Gasteiger partial charge in [0.1, 0.15) is 0 Å². The van der Waals surface area contributed by atoms with Crippen LogP contribution in [0, 0.1) is 0 Å². The Kier molecular flexibility index (Phi) is 11.8. The zero-order chi connectivity index (χ0) is 19.6. The third-order valence-corrected chi connectivity index (χ3v) is 11.7. The minimum atomic E-state index is -2.16. The third kappa shape index (κ3) is 11.6. The molecule has 0 nitrogen and oxygen atoms in total. The van der Waals surface area contributed by atoms with Crippen molar-refractivity contribution in [1.29, 1.82) is 0 Å². The molecule has 0 fully saturated rings. The first kappa shape index (κ1) is 24.9. The van der Waals surface area contributed by atoms with Crippen molar-refractivity contribution in [2.24, 2.45) is 0 Å². The summed E-state index contributed by atoms with van der Waals surface area (Å²) < 4.78 is 0. The zero-order valence-electron chi connectivity index (χ0n) is 16.5. The average Bonchev–Trinajstić information content (AvgIpc) is 2.56. The van der Waals surface area contributed by atoms with E-state index in [0.29, 0.717) is 5.92 Å². The van der Waals surface area contributed by atoms with Crippen molar-refractivity contribution in [2.45, 2.75) is 89.4 Å². The minimum Gasteiger partial charge on any atom is -0.146 e. The summed E-state index contributed by atoms with van der Waals surface area (Å²) in [5.41, 5.74) is 2.74. The molecule has 0 aromatic heterocycles. The van der Waals surface area contributed by atoms with Gasteiger partial charge in [0.15, 0.2) is 0 Å². The molecule has 0 aliphatic rings. The number of aryl methyl sites for hydroxylation is 1. The van der Waals surface area contributed by atoms with E-state index < -0.39 is 13.4 Å². The van der Waals surface area contributed by atoms with Gasteiger partial charge in [0.05, 0.1) is 0 Å². The highest BCUT2D eigenvalue weighted by Gasteiger charge is 2.30. The van der Waals surface area contributed by atoms with E-state index in [1.54, 1.807) is 0 Å². The van der Waals surface area contributed by atoms with Crippen molar-refractivity contribution >= 4 is 57.7 Å². The first-order valence-corrected chi connectivity index (χ1v) is 19.1. The molecule has 0 bridgehead atoms. The summed E-state index contributed by atoms with van der Waals surface area (Å²) in [4.78, 5) is 0. The van der Waals surface area contributed by atoms with Gasteiger partial charge in [-0.1, -0.05) is 76.6 Å². The van der Waals surface area contributed by atoms with Crippen LogP contribution in [0.15, 0.2) is 24.3 Å². The fourth-order valence-electron chi connectivity index (χ4n) is 3.28. The summed E-state index contributed by atoms with van der Waals surface area (Å²) in [5.74, 6) is 0.437. The van der Waals surface area contributed by atoms with Gasteiger partial charge in [0.2, 0.25) is 6.69 Å². The summed E-state index contributed by atoms with van der Waals surface area (Å²) in [6.45, 7) is 2.38. The molecule has 1 aromatic carbocycles. The maximum atomic E-state index is 6.73. The van der Waals surface area contributed by atoms with Gasteiger partial charge in [0.25, 0.3) is 6.69 Å². The summed E-state index contributed by atoms with van der Waals surface area (Å²) in [7, 11) is 0. The topological polar surface area (TPSA) is 0 Å². The normalized spacial score (nSPS) is 13.8. The Labute approximate surface area is 181 Å². The number of halogens is 4. The first-order chi connectivity index (χ1) is 12.1. The summed E-state index contributed by atoms with van der Waals surface area (Å²) in [6.07, 6.45) is 8.37. The van der Waals surface area contributed by atoms with Crippen LogP contribution in [0.4, 0.5) is 0 Å². The largest absolute Gasteiger partial charge is 0.251 e. The molecule has 0 heterocycles. The Morgan fingerprint density at radius 1 is 0.808 bits per heavy atom. The molecule has 1 aromatic rings. The molecule has 26 heavy (non-hydrogen) atoms. The Morgan fingerprint density at radius 2 is 1.31 bits per heavy atom. The van der Waals surface area contributed by atoms with Gasteiger partial charge in [0, 0.05) is 0 Å². The van der Waals surface area contributed by atoms with Gasteiger partial charge in [-0.05, 0) is 48.1 Å². The molecule has 0 aliphatic heterocycles. The van der Waals surface area contributed by atoms with Crippen LogP contribution < -0.4 is 0 Å². The van der Waals surface area contributed by atoms with Crippen molar-refractivity contribution in [3.05, 3.63) is 35.4 Å². The van der Waals surface area contributed by atoms with E-state index in [9.17, 15) is 0 Å². The predicted molar refractivity (Wildman–Crippen MR) is 127 cm³/mol. The fourth-order valence-corrected chi connectivity index (χ4v) is 9.24. The molecule has 0 saturated heterocycles. The smallest absolute Gasteiger partial charge is 0.146 e.